The maximum absolute atomic E-state index is 12.8. The van der Waals surface area contributed by atoms with Crippen LogP contribution in [0.15, 0.2) is 42.6 Å². The Morgan fingerprint density at radius 1 is 0.872 bits per heavy atom. The molecule has 8 heteroatoms. The second kappa shape index (κ2) is 13.9. The van der Waals surface area contributed by atoms with Crippen molar-refractivity contribution in [3.05, 3.63) is 57.4 Å². The highest BCUT2D eigenvalue weighted by molar-refractivity contribution is 7.11. The zero-order valence-electron chi connectivity index (χ0n) is 23.3. The summed E-state index contributed by atoms with van der Waals surface area (Å²) in [6.45, 7) is 4.11. The standard InChI is InChI=1S/C8H5FN2S.C8H6N2S.C8H16.C7H14O/c9-8-1-5-6-2-10-4-11(6)3-7(5)12-8;1-2-11-8-4-10-5-9-3-7(10)6(1)8;1-2-8-6-4-3-5-7-8;1-8-7-5-3-2-4-6-7/h1-2,4H,3H2;1-3,5H,4H2;8H,2-7H2,1H3;7H,2-6H2,1H3. The van der Waals surface area contributed by atoms with Crippen LogP contribution < -0.4 is 0 Å². The predicted octanol–water partition coefficient (Wildman–Crippen LogP) is 9.03. The second-order valence-corrected chi connectivity index (χ2v) is 13.0. The summed E-state index contributed by atoms with van der Waals surface area (Å²) in [6, 6.07) is 3.75. The smallest absolute Gasteiger partial charge is 0.177 e. The number of fused-ring (bicyclic) bond motifs is 6. The molecular formula is C31H41FN4OS2. The second-order valence-electron chi connectivity index (χ2n) is 10.9. The predicted molar refractivity (Wildman–Crippen MR) is 160 cm³/mol. The zero-order chi connectivity index (χ0) is 27.0. The van der Waals surface area contributed by atoms with E-state index in [1.54, 1.807) is 18.6 Å². The van der Waals surface area contributed by atoms with Crippen molar-refractivity contribution in [1.29, 1.82) is 0 Å². The maximum atomic E-state index is 12.8. The number of nitrogens with zero attached hydrogens (tertiary/aromatic N) is 4. The summed E-state index contributed by atoms with van der Waals surface area (Å²) >= 11 is 3.05. The van der Waals surface area contributed by atoms with E-state index >= 15 is 0 Å². The minimum atomic E-state index is -0.104. The summed E-state index contributed by atoms with van der Waals surface area (Å²) in [5.74, 6) is 1.09. The van der Waals surface area contributed by atoms with Crippen LogP contribution >= 0.6 is 22.7 Å². The lowest BCUT2D eigenvalue weighted by Gasteiger charge is -2.19. The Kier molecular flexibility index (Phi) is 10.0. The molecule has 2 fully saturated rings. The van der Waals surface area contributed by atoms with Gasteiger partial charge < -0.3 is 13.9 Å². The molecule has 0 spiro atoms. The number of aromatic nitrogens is 4. The molecule has 0 atom stereocenters. The van der Waals surface area contributed by atoms with E-state index in [2.05, 4.69) is 32.9 Å². The molecule has 2 aliphatic heterocycles. The van der Waals surface area contributed by atoms with Crippen molar-refractivity contribution in [2.24, 2.45) is 5.92 Å². The third-order valence-electron chi connectivity index (χ3n) is 8.32. The van der Waals surface area contributed by atoms with Gasteiger partial charge in [-0.1, -0.05) is 64.7 Å². The molecule has 0 saturated heterocycles. The summed E-state index contributed by atoms with van der Waals surface area (Å²) in [5.41, 5.74) is 4.67. The molecule has 0 amide bonds. The van der Waals surface area contributed by atoms with Crippen LogP contribution in [0, 0.1) is 11.0 Å². The lowest BCUT2D eigenvalue weighted by atomic mass is 9.88. The van der Waals surface area contributed by atoms with Gasteiger partial charge in [0.2, 0.25) is 0 Å². The van der Waals surface area contributed by atoms with Crippen molar-refractivity contribution in [3.63, 3.8) is 0 Å². The van der Waals surface area contributed by atoms with Crippen molar-refractivity contribution >= 4 is 22.7 Å². The number of rotatable bonds is 2. The van der Waals surface area contributed by atoms with Crippen LogP contribution in [0.2, 0.25) is 0 Å². The zero-order valence-corrected chi connectivity index (χ0v) is 24.9. The summed E-state index contributed by atoms with van der Waals surface area (Å²) < 4.78 is 22.2. The topological polar surface area (TPSA) is 44.9 Å². The number of imidazole rings is 2. The van der Waals surface area contributed by atoms with Crippen molar-refractivity contribution in [2.75, 3.05) is 7.11 Å². The van der Waals surface area contributed by atoms with Gasteiger partial charge in [-0.2, -0.15) is 4.39 Å². The average Bonchev–Trinajstić information content (AvgIpc) is 3.80. The molecule has 0 unspecified atom stereocenters. The third-order valence-corrected chi connectivity index (χ3v) is 10.1. The van der Waals surface area contributed by atoms with Gasteiger partial charge >= 0.3 is 0 Å². The number of hydrogen-bond acceptors (Lipinski definition) is 5. The highest BCUT2D eigenvalue weighted by Gasteiger charge is 2.21. The molecular weight excluding hydrogens is 528 g/mol. The van der Waals surface area contributed by atoms with Crippen molar-refractivity contribution in [3.8, 4) is 22.5 Å². The van der Waals surface area contributed by atoms with Gasteiger partial charge in [0, 0.05) is 28.0 Å². The number of halogens is 1. The molecule has 0 bridgehead atoms. The molecule has 2 saturated carbocycles. The number of ether oxygens (including phenoxy) is 1. The van der Waals surface area contributed by atoms with E-state index in [9.17, 15) is 4.39 Å². The van der Waals surface area contributed by atoms with Crippen LogP contribution in [0.25, 0.3) is 22.5 Å². The van der Waals surface area contributed by atoms with E-state index in [0.717, 1.165) is 35.1 Å². The van der Waals surface area contributed by atoms with Crippen LogP contribution in [0.3, 0.4) is 0 Å². The Balaban J connectivity index is 0.000000107. The van der Waals surface area contributed by atoms with Crippen molar-refractivity contribution in [2.45, 2.75) is 96.7 Å². The summed E-state index contributed by atoms with van der Waals surface area (Å²) in [7, 11) is 1.82. The van der Waals surface area contributed by atoms with Crippen LogP contribution in [-0.2, 0) is 17.8 Å². The molecule has 0 radical (unpaired) electrons. The summed E-state index contributed by atoms with van der Waals surface area (Å²) in [6.07, 6.45) is 23.6. The van der Waals surface area contributed by atoms with Crippen LogP contribution in [0.1, 0.15) is 87.3 Å². The maximum Gasteiger partial charge on any atom is 0.177 e. The first-order valence-corrected chi connectivity index (χ1v) is 16.2. The minimum Gasteiger partial charge on any atom is -0.381 e. The van der Waals surface area contributed by atoms with E-state index in [0.29, 0.717) is 6.10 Å². The third kappa shape index (κ3) is 7.08. The van der Waals surface area contributed by atoms with Gasteiger partial charge in [-0.3, -0.25) is 0 Å². The highest BCUT2D eigenvalue weighted by Crippen LogP contribution is 2.37. The number of hydrogen-bond donors (Lipinski definition) is 0. The fraction of sp³-hybridized carbons (Fsp3) is 0.548. The van der Waals surface area contributed by atoms with Gasteiger partial charge in [-0.05, 0) is 36.3 Å². The Morgan fingerprint density at radius 3 is 2.08 bits per heavy atom. The quantitative estimate of drug-likeness (QED) is 0.209. The van der Waals surface area contributed by atoms with E-state index in [1.807, 2.05) is 35.5 Å². The first-order chi connectivity index (χ1) is 19.2. The number of methoxy groups -OCH3 is 1. The van der Waals surface area contributed by atoms with Crippen molar-refractivity contribution in [1.82, 2.24) is 19.1 Å². The van der Waals surface area contributed by atoms with Crippen LogP contribution in [0.4, 0.5) is 4.39 Å². The van der Waals surface area contributed by atoms with Gasteiger partial charge in [0.1, 0.15) is 0 Å². The van der Waals surface area contributed by atoms with E-state index < -0.39 is 0 Å². The molecule has 5 nitrogen and oxygen atoms in total. The van der Waals surface area contributed by atoms with Gasteiger partial charge in [0.15, 0.2) is 5.13 Å². The Labute approximate surface area is 240 Å². The Bertz CT molecular complexity index is 1240. The fourth-order valence-electron chi connectivity index (χ4n) is 5.97. The molecule has 39 heavy (non-hydrogen) atoms. The average molecular weight is 569 g/mol. The van der Waals surface area contributed by atoms with Gasteiger partial charge in [-0.15, -0.1) is 22.7 Å². The van der Waals surface area contributed by atoms with Gasteiger partial charge in [-0.25, -0.2) is 9.97 Å². The lowest BCUT2D eigenvalue weighted by Crippen LogP contribution is -2.13. The Hall–Kier alpha value is -2.29. The molecule has 8 rings (SSSR count). The largest absolute Gasteiger partial charge is 0.381 e. The summed E-state index contributed by atoms with van der Waals surface area (Å²) in [5, 5.41) is 2.04. The molecule has 4 aliphatic rings. The van der Waals surface area contributed by atoms with E-state index in [4.69, 9.17) is 4.74 Å². The minimum absolute atomic E-state index is 0.104. The first kappa shape index (κ1) is 28.2. The van der Waals surface area contributed by atoms with E-state index in [1.165, 1.54) is 98.1 Å². The fourth-order valence-corrected chi connectivity index (χ4v) is 7.74. The normalized spacial score (nSPS) is 17.4. The molecule has 210 valence electrons. The molecule has 2 aliphatic carbocycles. The molecule has 0 N–H and O–H groups in total. The van der Waals surface area contributed by atoms with Gasteiger partial charge in [0.25, 0.3) is 0 Å². The molecule has 6 heterocycles. The molecule has 4 aromatic rings. The Morgan fingerprint density at radius 2 is 1.49 bits per heavy atom. The molecule has 0 aromatic carbocycles. The highest BCUT2D eigenvalue weighted by atomic mass is 32.1. The monoisotopic (exact) mass is 568 g/mol. The van der Waals surface area contributed by atoms with Gasteiger partial charge in [0.05, 0.1) is 55.6 Å². The SMILES string of the molecule is CCC1CCCCC1.COC1CCCCC1.Fc1cc2c(s1)Cn1cncc1-2.c1cc2c(s1)Cn1cncc1-2. The van der Waals surface area contributed by atoms with Crippen molar-refractivity contribution < 1.29 is 9.13 Å². The van der Waals surface area contributed by atoms with E-state index in [-0.39, 0.29) is 5.13 Å². The first-order valence-electron chi connectivity index (χ1n) is 14.5. The lowest BCUT2D eigenvalue weighted by molar-refractivity contribution is 0.0710. The van der Waals surface area contributed by atoms with Crippen LogP contribution in [-0.4, -0.2) is 32.3 Å². The summed E-state index contributed by atoms with van der Waals surface area (Å²) in [4.78, 5) is 10.6. The van der Waals surface area contributed by atoms with Crippen LogP contribution in [0.5, 0.6) is 0 Å². The number of thiophene rings is 2. The molecule has 4 aromatic heterocycles.